The Hall–Kier alpha value is -1.38. The average molecular weight is 321 g/mol. The van der Waals surface area contributed by atoms with Gasteiger partial charge in [-0.1, -0.05) is 0 Å². The number of H-pyrrole nitrogens is 1. The quantitative estimate of drug-likeness (QED) is 0.713. The van der Waals surface area contributed by atoms with E-state index in [0.717, 1.165) is 38.2 Å². The molecule has 6 heteroatoms. The molecule has 1 N–H and O–H groups in total. The van der Waals surface area contributed by atoms with E-state index in [0.29, 0.717) is 0 Å². The molecule has 0 aliphatic carbocycles. The van der Waals surface area contributed by atoms with Crippen LogP contribution in [0.2, 0.25) is 5.02 Å². The number of nitrogens with one attached hydrogen (secondary N) is 1. The van der Waals surface area contributed by atoms with E-state index in [1.54, 1.807) is 6.33 Å². The summed E-state index contributed by atoms with van der Waals surface area (Å²) in [6.45, 7) is 0. The Bertz CT molecular complexity index is 710. The molecule has 18 heavy (non-hydrogen) atoms. The van der Waals surface area contributed by atoms with Crippen LogP contribution in [0.25, 0.3) is 11.0 Å². The van der Waals surface area contributed by atoms with E-state index in [1.165, 1.54) is 16.9 Å². The summed E-state index contributed by atoms with van der Waals surface area (Å²) in [5.74, 6) is 0. The fraction of sp³-hybridized carbons (Fsp3) is 0.0833. The first-order chi connectivity index (χ1) is 8.74. The van der Waals surface area contributed by atoms with Crippen LogP contribution < -0.4 is 4.48 Å². The van der Waals surface area contributed by atoms with Crippen LogP contribution in [0.5, 0.6) is 0 Å². The third-order valence-electron chi connectivity index (χ3n) is 2.72. The van der Waals surface area contributed by atoms with Gasteiger partial charge in [0.05, 0.1) is 0 Å². The zero-order valence-corrected chi connectivity index (χ0v) is 12.6. The number of halogens is 1. The molecular formula is C12H10AsClN4. The predicted octanol–water partition coefficient (Wildman–Crippen LogP) is 0.855. The molecule has 2 heterocycles. The maximum absolute atomic E-state index is 5.98. The van der Waals surface area contributed by atoms with Crippen LogP contribution in [0.1, 0.15) is 11.3 Å². The number of nitrogens with zero attached hydrogens (tertiary/aromatic N) is 3. The Kier molecular flexibility index (Phi) is 3.06. The van der Waals surface area contributed by atoms with Gasteiger partial charge in [-0.15, -0.1) is 0 Å². The summed E-state index contributed by atoms with van der Waals surface area (Å²) >= 11 is 7.46. The van der Waals surface area contributed by atoms with Gasteiger partial charge >= 0.3 is 117 Å². The van der Waals surface area contributed by atoms with E-state index in [-0.39, 0.29) is 0 Å². The average Bonchev–Trinajstić information content (AvgIpc) is 2.74. The zero-order chi connectivity index (χ0) is 12.5. The molecule has 0 fully saturated rings. The third-order valence-corrected chi connectivity index (χ3v) is 3.88. The molecule has 0 saturated carbocycles. The Morgan fingerprint density at radius 1 is 1.28 bits per heavy atom. The summed E-state index contributed by atoms with van der Waals surface area (Å²) in [4.78, 5) is 8.41. The van der Waals surface area contributed by atoms with Crippen molar-refractivity contribution in [3.05, 3.63) is 46.9 Å². The summed E-state index contributed by atoms with van der Waals surface area (Å²) in [6, 6.07) is 7.80. The molecule has 0 amide bonds. The van der Waals surface area contributed by atoms with Crippen LogP contribution in [0.4, 0.5) is 0 Å². The van der Waals surface area contributed by atoms with Gasteiger partial charge in [0, 0.05) is 0 Å². The number of aromatic nitrogens is 4. The van der Waals surface area contributed by atoms with Gasteiger partial charge in [0.1, 0.15) is 0 Å². The van der Waals surface area contributed by atoms with E-state index in [1.807, 2.05) is 24.3 Å². The number of hydrogen-bond donors (Lipinski definition) is 1. The third kappa shape index (κ3) is 2.14. The van der Waals surface area contributed by atoms with E-state index in [9.17, 15) is 0 Å². The maximum atomic E-state index is 5.98. The number of hydrogen-bond acceptors (Lipinski definition) is 3. The monoisotopic (exact) mass is 320 g/mol. The van der Waals surface area contributed by atoms with Gasteiger partial charge < -0.3 is 0 Å². The molecule has 0 saturated heterocycles. The summed E-state index contributed by atoms with van der Waals surface area (Å²) in [5, 5.41) is 9.03. The van der Waals surface area contributed by atoms with Gasteiger partial charge in [-0.2, -0.15) is 0 Å². The van der Waals surface area contributed by atoms with Crippen molar-refractivity contribution < 1.29 is 0 Å². The van der Waals surface area contributed by atoms with Crippen LogP contribution >= 0.6 is 11.6 Å². The first kappa shape index (κ1) is 11.7. The molecule has 0 bridgehead atoms. The van der Waals surface area contributed by atoms with Crippen LogP contribution in [-0.4, -0.2) is 37.0 Å². The minimum atomic E-state index is 0.727. The van der Waals surface area contributed by atoms with E-state index < -0.39 is 0 Å². The second-order valence-electron chi connectivity index (χ2n) is 3.96. The Balaban J connectivity index is 2.05. The summed E-state index contributed by atoms with van der Waals surface area (Å²) in [5.41, 5.74) is 2.89. The molecule has 3 aromatic rings. The van der Waals surface area contributed by atoms with Gasteiger partial charge in [-0.05, 0) is 0 Å². The van der Waals surface area contributed by atoms with Crippen LogP contribution in [0.15, 0.2) is 30.6 Å². The van der Waals surface area contributed by atoms with Gasteiger partial charge in [0.15, 0.2) is 0 Å². The van der Waals surface area contributed by atoms with E-state index >= 15 is 0 Å². The Morgan fingerprint density at radius 3 is 3.00 bits per heavy atom. The number of benzene rings is 1. The molecule has 90 valence electrons. The molecule has 0 aliphatic heterocycles. The van der Waals surface area contributed by atoms with Crippen LogP contribution in [0.3, 0.4) is 0 Å². The van der Waals surface area contributed by atoms with Gasteiger partial charge in [0.25, 0.3) is 0 Å². The molecule has 2 aromatic heterocycles. The van der Waals surface area contributed by atoms with Crippen molar-refractivity contribution in [2.24, 2.45) is 0 Å². The van der Waals surface area contributed by atoms with Crippen molar-refractivity contribution >= 4 is 44.0 Å². The zero-order valence-electron chi connectivity index (χ0n) is 9.39. The standard InChI is InChI=1S/C12H10AsClN4/c13-11-10-9(17-18-12(10)16-6-15-11)5-7-2-1-3-8(14)4-7/h1-4,6H,5,13H2,(H,15,16,17,18). The van der Waals surface area contributed by atoms with Crippen LogP contribution in [0, 0.1) is 0 Å². The van der Waals surface area contributed by atoms with Crippen molar-refractivity contribution in [1.29, 1.82) is 0 Å². The Morgan fingerprint density at radius 2 is 2.17 bits per heavy atom. The number of aromatic amines is 1. The van der Waals surface area contributed by atoms with Crippen molar-refractivity contribution in [2.45, 2.75) is 6.42 Å². The van der Waals surface area contributed by atoms with Gasteiger partial charge in [-0.3, -0.25) is 0 Å². The van der Waals surface area contributed by atoms with Crippen molar-refractivity contribution in [3.63, 3.8) is 0 Å². The predicted molar refractivity (Wildman–Crippen MR) is 74.1 cm³/mol. The van der Waals surface area contributed by atoms with Crippen LogP contribution in [-0.2, 0) is 6.42 Å². The fourth-order valence-electron chi connectivity index (χ4n) is 1.91. The van der Waals surface area contributed by atoms with Gasteiger partial charge in [-0.25, -0.2) is 0 Å². The van der Waals surface area contributed by atoms with E-state index in [4.69, 9.17) is 11.6 Å². The first-order valence-electron chi connectivity index (χ1n) is 5.42. The van der Waals surface area contributed by atoms with Crippen molar-refractivity contribution in [1.82, 2.24) is 20.2 Å². The van der Waals surface area contributed by atoms with Gasteiger partial charge in [0.2, 0.25) is 0 Å². The summed E-state index contributed by atoms with van der Waals surface area (Å²) < 4.78 is 0.998. The summed E-state index contributed by atoms with van der Waals surface area (Å²) in [7, 11) is 0. The minimum absolute atomic E-state index is 0.727. The molecule has 4 nitrogen and oxygen atoms in total. The van der Waals surface area contributed by atoms with E-state index in [2.05, 4.69) is 20.2 Å². The fourth-order valence-corrected chi connectivity index (χ4v) is 2.90. The molecule has 1 aromatic carbocycles. The first-order valence-corrected chi connectivity index (χ1v) is 7.01. The molecule has 0 radical (unpaired) electrons. The number of fused-ring (bicyclic) bond motifs is 1. The van der Waals surface area contributed by atoms with Crippen molar-refractivity contribution in [2.75, 3.05) is 0 Å². The second kappa shape index (κ2) is 4.71. The molecule has 3 rings (SSSR count). The normalized spacial score (nSPS) is 11.0. The molecule has 1 unspecified atom stereocenters. The topological polar surface area (TPSA) is 54.5 Å². The SMILES string of the molecule is Clc1cccc(Cc2n[nH]c3ncnc([AsH2])c23)c1. The molecule has 0 aliphatic rings. The molecular weight excluding hydrogens is 311 g/mol. The Labute approximate surface area is 117 Å². The molecule has 1 atom stereocenters. The summed E-state index contributed by atoms with van der Waals surface area (Å²) in [6.07, 6.45) is 2.28. The number of rotatable bonds is 2. The van der Waals surface area contributed by atoms with Crippen molar-refractivity contribution in [3.8, 4) is 0 Å². The second-order valence-corrected chi connectivity index (χ2v) is 5.54. The molecule has 0 spiro atoms.